The zero-order chi connectivity index (χ0) is 12.1. The number of hydrogen-bond acceptors (Lipinski definition) is 4. The molecule has 0 radical (unpaired) electrons. The zero-order valence-corrected chi connectivity index (χ0v) is 11.8. The summed E-state index contributed by atoms with van der Waals surface area (Å²) < 4.78 is 2.82. The molecule has 0 aliphatic heterocycles. The molecule has 0 unspecified atom stereocenters. The van der Waals surface area contributed by atoms with Crippen LogP contribution in [0.1, 0.15) is 19.0 Å². The van der Waals surface area contributed by atoms with Crippen molar-refractivity contribution in [2.45, 2.75) is 19.9 Å². The smallest absolute Gasteiger partial charge is 0.172 e. The summed E-state index contributed by atoms with van der Waals surface area (Å²) >= 11 is 2.22. The standard InChI is InChI=1S/C11H14IN5/c1-2-3-13-5-10-6-14-7-11(16-10)17-8-9(12)4-15-17/h4,6-8,13H,2-3,5H2,1H3. The van der Waals surface area contributed by atoms with Gasteiger partial charge in [0, 0.05) is 18.9 Å². The summed E-state index contributed by atoms with van der Waals surface area (Å²) in [4.78, 5) is 8.68. The maximum absolute atomic E-state index is 4.50. The van der Waals surface area contributed by atoms with E-state index in [0.29, 0.717) is 0 Å². The van der Waals surface area contributed by atoms with Gasteiger partial charge in [-0.05, 0) is 35.6 Å². The van der Waals surface area contributed by atoms with Gasteiger partial charge in [0.2, 0.25) is 0 Å². The van der Waals surface area contributed by atoms with Crippen LogP contribution < -0.4 is 5.32 Å². The lowest BCUT2D eigenvalue weighted by atomic mass is 10.4. The van der Waals surface area contributed by atoms with Gasteiger partial charge < -0.3 is 5.32 Å². The maximum Gasteiger partial charge on any atom is 0.172 e. The molecule has 0 fully saturated rings. The van der Waals surface area contributed by atoms with Crippen molar-refractivity contribution in [3.05, 3.63) is 34.1 Å². The van der Waals surface area contributed by atoms with Gasteiger partial charge in [0.05, 0.1) is 21.7 Å². The molecule has 0 amide bonds. The van der Waals surface area contributed by atoms with Crippen LogP contribution in [0.4, 0.5) is 0 Å². The summed E-state index contributed by atoms with van der Waals surface area (Å²) in [5, 5.41) is 7.51. The minimum absolute atomic E-state index is 0.743. The van der Waals surface area contributed by atoms with Gasteiger partial charge in [-0.25, -0.2) is 9.67 Å². The Morgan fingerprint density at radius 2 is 2.24 bits per heavy atom. The lowest BCUT2D eigenvalue weighted by molar-refractivity contribution is 0.658. The van der Waals surface area contributed by atoms with Crippen LogP contribution in [0.2, 0.25) is 0 Å². The molecule has 2 rings (SSSR count). The normalized spacial score (nSPS) is 10.7. The number of hydrogen-bond donors (Lipinski definition) is 1. The molecular weight excluding hydrogens is 329 g/mol. The highest BCUT2D eigenvalue weighted by Crippen LogP contribution is 2.07. The lowest BCUT2D eigenvalue weighted by Crippen LogP contribution is -2.15. The topological polar surface area (TPSA) is 55.6 Å². The Labute approximate surface area is 114 Å². The van der Waals surface area contributed by atoms with Crippen molar-refractivity contribution >= 4 is 22.6 Å². The van der Waals surface area contributed by atoms with Gasteiger partial charge in [-0.15, -0.1) is 0 Å². The van der Waals surface area contributed by atoms with Crippen LogP contribution in [0.15, 0.2) is 24.8 Å². The summed E-state index contributed by atoms with van der Waals surface area (Å²) in [6.45, 7) is 3.87. The molecule has 17 heavy (non-hydrogen) atoms. The fraction of sp³-hybridized carbons (Fsp3) is 0.364. The predicted molar refractivity (Wildman–Crippen MR) is 73.9 cm³/mol. The Morgan fingerprint density at radius 1 is 1.35 bits per heavy atom. The van der Waals surface area contributed by atoms with Gasteiger partial charge in [-0.3, -0.25) is 4.98 Å². The van der Waals surface area contributed by atoms with Crippen LogP contribution in [-0.4, -0.2) is 26.3 Å². The molecule has 2 aromatic heterocycles. The molecule has 0 bridgehead atoms. The fourth-order valence-corrected chi connectivity index (χ4v) is 1.80. The lowest BCUT2D eigenvalue weighted by Gasteiger charge is -2.04. The van der Waals surface area contributed by atoms with E-state index in [1.807, 2.05) is 6.20 Å². The van der Waals surface area contributed by atoms with Gasteiger partial charge in [0.15, 0.2) is 5.82 Å². The Bertz CT molecular complexity index is 482. The first-order chi connectivity index (χ1) is 8.29. The summed E-state index contributed by atoms with van der Waals surface area (Å²) in [7, 11) is 0. The molecule has 0 atom stereocenters. The van der Waals surface area contributed by atoms with Crippen LogP contribution in [0, 0.1) is 3.57 Å². The summed E-state index contributed by atoms with van der Waals surface area (Å²) in [6.07, 6.45) is 8.33. The molecule has 6 heteroatoms. The first kappa shape index (κ1) is 12.4. The van der Waals surface area contributed by atoms with Crippen LogP contribution in [0.5, 0.6) is 0 Å². The molecule has 0 saturated heterocycles. The van der Waals surface area contributed by atoms with E-state index >= 15 is 0 Å². The Kier molecular flexibility index (Phi) is 4.43. The van der Waals surface area contributed by atoms with Crippen LogP contribution in [0.25, 0.3) is 5.82 Å². The minimum atomic E-state index is 0.743. The Hall–Kier alpha value is -1.02. The zero-order valence-electron chi connectivity index (χ0n) is 9.60. The number of halogens is 1. The molecule has 2 aromatic rings. The predicted octanol–water partition coefficient (Wildman–Crippen LogP) is 1.77. The molecule has 0 saturated carbocycles. The highest BCUT2D eigenvalue weighted by Gasteiger charge is 2.02. The van der Waals surface area contributed by atoms with Crippen LogP contribution in [0.3, 0.4) is 0 Å². The Balaban J connectivity index is 2.11. The number of rotatable bonds is 5. The molecule has 90 valence electrons. The number of nitrogens with zero attached hydrogens (tertiary/aromatic N) is 4. The first-order valence-electron chi connectivity index (χ1n) is 5.52. The average Bonchev–Trinajstić information content (AvgIpc) is 2.77. The molecule has 0 aromatic carbocycles. The summed E-state index contributed by atoms with van der Waals surface area (Å²) in [5.41, 5.74) is 0.932. The van der Waals surface area contributed by atoms with Gasteiger partial charge in [0.1, 0.15) is 0 Å². The molecular formula is C11H14IN5. The quantitative estimate of drug-likeness (QED) is 0.664. The van der Waals surface area contributed by atoms with Crippen molar-refractivity contribution in [3.63, 3.8) is 0 Å². The Morgan fingerprint density at radius 3 is 2.94 bits per heavy atom. The van der Waals surface area contributed by atoms with Crippen molar-refractivity contribution in [2.75, 3.05) is 6.54 Å². The van der Waals surface area contributed by atoms with E-state index in [4.69, 9.17) is 0 Å². The van der Waals surface area contributed by atoms with E-state index in [2.05, 4.69) is 49.9 Å². The SMILES string of the molecule is CCCNCc1cncc(-n2cc(I)cn2)n1. The maximum atomic E-state index is 4.50. The average molecular weight is 343 g/mol. The van der Waals surface area contributed by atoms with Crippen molar-refractivity contribution in [1.29, 1.82) is 0 Å². The fourth-order valence-electron chi connectivity index (χ4n) is 1.41. The van der Waals surface area contributed by atoms with Crippen molar-refractivity contribution in [3.8, 4) is 5.82 Å². The van der Waals surface area contributed by atoms with E-state index in [-0.39, 0.29) is 0 Å². The largest absolute Gasteiger partial charge is 0.311 e. The van der Waals surface area contributed by atoms with Crippen LogP contribution in [-0.2, 0) is 6.54 Å². The van der Waals surface area contributed by atoms with E-state index in [9.17, 15) is 0 Å². The second kappa shape index (κ2) is 6.06. The second-order valence-electron chi connectivity index (χ2n) is 3.65. The molecule has 0 aliphatic rings. The second-order valence-corrected chi connectivity index (χ2v) is 4.89. The first-order valence-corrected chi connectivity index (χ1v) is 6.59. The number of aromatic nitrogens is 4. The van der Waals surface area contributed by atoms with Gasteiger partial charge in [-0.1, -0.05) is 6.92 Å². The molecule has 0 spiro atoms. The molecule has 0 aliphatic carbocycles. The highest BCUT2D eigenvalue weighted by atomic mass is 127. The molecule has 5 nitrogen and oxygen atoms in total. The third-order valence-electron chi connectivity index (χ3n) is 2.19. The molecule has 1 N–H and O–H groups in total. The van der Waals surface area contributed by atoms with E-state index in [1.54, 1.807) is 23.3 Å². The van der Waals surface area contributed by atoms with E-state index in [1.165, 1.54) is 0 Å². The van der Waals surface area contributed by atoms with Gasteiger partial charge >= 0.3 is 0 Å². The molecule has 2 heterocycles. The summed E-state index contributed by atoms with van der Waals surface area (Å²) in [6, 6.07) is 0. The van der Waals surface area contributed by atoms with Crippen LogP contribution >= 0.6 is 22.6 Å². The summed E-state index contributed by atoms with van der Waals surface area (Å²) in [5.74, 6) is 0.753. The number of nitrogens with one attached hydrogen (secondary N) is 1. The third-order valence-corrected chi connectivity index (χ3v) is 2.75. The third kappa shape index (κ3) is 3.47. The monoisotopic (exact) mass is 343 g/mol. The van der Waals surface area contributed by atoms with Crippen molar-refractivity contribution < 1.29 is 0 Å². The van der Waals surface area contributed by atoms with Crippen molar-refractivity contribution in [1.82, 2.24) is 25.1 Å². The van der Waals surface area contributed by atoms with E-state index in [0.717, 1.165) is 34.6 Å². The minimum Gasteiger partial charge on any atom is -0.311 e. The van der Waals surface area contributed by atoms with Gasteiger partial charge in [-0.2, -0.15) is 5.10 Å². The van der Waals surface area contributed by atoms with E-state index < -0.39 is 0 Å². The highest BCUT2D eigenvalue weighted by molar-refractivity contribution is 14.1. The van der Waals surface area contributed by atoms with Crippen molar-refractivity contribution in [2.24, 2.45) is 0 Å². The van der Waals surface area contributed by atoms with Gasteiger partial charge in [0.25, 0.3) is 0 Å².